The maximum absolute atomic E-state index is 13.3. The minimum absolute atomic E-state index is 0.0760. The fraction of sp³-hybridized carbons (Fsp3) is 0.500. The number of unbranched alkanes of at least 4 members (excludes halogenated alkanes) is 5. The molecule has 0 fully saturated rings. The number of rotatable bonds is 8. The van der Waals surface area contributed by atoms with Crippen molar-refractivity contribution in [3.63, 3.8) is 0 Å². The molecule has 126 valence electrons. The zero-order valence-corrected chi connectivity index (χ0v) is 13.8. The second-order valence-electron chi connectivity index (χ2n) is 6.30. The van der Waals surface area contributed by atoms with Crippen LogP contribution in [-0.2, 0) is 0 Å². The summed E-state index contributed by atoms with van der Waals surface area (Å²) in [6.07, 6.45) is 15.5. The molecule has 0 aromatic heterocycles. The topological polar surface area (TPSA) is 0 Å². The fourth-order valence-corrected chi connectivity index (χ4v) is 3.00. The average molecular weight is 322 g/mol. The van der Waals surface area contributed by atoms with Crippen molar-refractivity contribution in [3.8, 4) is 0 Å². The van der Waals surface area contributed by atoms with E-state index in [0.29, 0.717) is 12.0 Å². The third kappa shape index (κ3) is 5.26. The van der Waals surface area contributed by atoms with E-state index < -0.39 is 17.5 Å². The van der Waals surface area contributed by atoms with Gasteiger partial charge in [-0.3, -0.25) is 0 Å². The lowest BCUT2D eigenvalue weighted by Gasteiger charge is -2.17. The molecule has 0 N–H and O–H groups in total. The summed E-state index contributed by atoms with van der Waals surface area (Å²) in [5, 5.41) is 0. The van der Waals surface area contributed by atoms with Gasteiger partial charge in [-0.25, -0.2) is 13.2 Å². The monoisotopic (exact) mass is 322 g/mol. The molecule has 1 aromatic carbocycles. The van der Waals surface area contributed by atoms with Gasteiger partial charge in [-0.05, 0) is 37.0 Å². The van der Waals surface area contributed by atoms with Gasteiger partial charge >= 0.3 is 0 Å². The van der Waals surface area contributed by atoms with E-state index in [9.17, 15) is 13.2 Å². The first-order valence-corrected chi connectivity index (χ1v) is 8.63. The van der Waals surface area contributed by atoms with E-state index in [2.05, 4.69) is 13.0 Å². The highest BCUT2D eigenvalue weighted by molar-refractivity contribution is 5.33. The Balaban J connectivity index is 1.81. The second-order valence-corrected chi connectivity index (χ2v) is 6.30. The van der Waals surface area contributed by atoms with E-state index in [1.807, 2.05) is 12.2 Å². The average Bonchev–Trinajstić information content (AvgIpc) is 2.56. The van der Waals surface area contributed by atoms with Crippen molar-refractivity contribution in [2.75, 3.05) is 0 Å². The molecule has 23 heavy (non-hydrogen) atoms. The smallest absolute Gasteiger partial charge is 0.194 e. The van der Waals surface area contributed by atoms with Crippen molar-refractivity contribution >= 4 is 0 Å². The standard InChI is InChI=1S/C20H25F3/c1-2-3-4-5-6-7-8-15-9-11-16(12-10-15)17-13-18(21)20(23)19(22)14-17/h9-11,13-14,16H,2-8,12H2,1H3. The third-order valence-electron chi connectivity index (χ3n) is 4.43. The Morgan fingerprint density at radius 2 is 1.61 bits per heavy atom. The van der Waals surface area contributed by atoms with Crippen molar-refractivity contribution in [1.29, 1.82) is 0 Å². The van der Waals surface area contributed by atoms with E-state index >= 15 is 0 Å². The molecule has 0 saturated heterocycles. The van der Waals surface area contributed by atoms with Crippen LogP contribution in [0.2, 0.25) is 0 Å². The third-order valence-corrected chi connectivity index (χ3v) is 4.43. The quantitative estimate of drug-likeness (QED) is 0.364. The zero-order chi connectivity index (χ0) is 16.7. The van der Waals surface area contributed by atoms with Crippen molar-refractivity contribution in [2.24, 2.45) is 0 Å². The van der Waals surface area contributed by atoms with Crippen LogP contribution in [0.3, 0.4) is 0 Å². The van der Waals surface area contributed by atoms with Crippen molar-refractivity contribution < 1.29 is 13.2 Å². The van der Waals surface area contributed by atoms with Gasteiger partial charge in [-0.15, -0.1) is 0 Å². The van der Waals surface area contributed by atoms with Gasteiger partial charge in [0.2, 0.25) is 0 Å². The molecule has 2 rings (SSSR count). The maximum atomic E-state index is 13.3. The Hall–Kier alpha value is -1.51. The first-order chi connectivity index (χ1) is 11.1. The summed E-state index contributed by atoms with van der Waals surface area (Å²) in [7, 11) is 0. The summed E-state index contributed by atoms with van der Waals surface area (Å²) in [5.74, 6) is -3.70. The number of halogens is 3. The molecule has 0 bridgehead atoms. The Bertz CT molecular complexity index is 549. The SMILES string of the molecule is CCCCCCCCC1=CCC(c2cc(F)c(F)c(F)c2)C=C1. The van der Waals surface area contributed by atoms with Crippen LogP contribution in [-0.4, -0.2) is 0 Å². The molecular formula is C20H25F3. The molecule has 0 saturated carbocycles. The molecule has 1 atom stereocenters. The summed E-state index contributed by atoms with van der Waals surface area (Å²) < 4.78 is 39.6. The van der Waals surface area contributed by atoms with Crippen LogP contribution < -0.4 is 0 Å². The Labute approximate surface area is 137 Å². The summed E-state index contributed by atoms with van der Waals surface area (Å²) in [5.41, 5.74) is 1.78. The van der Waals surface area contributed by atoms with Crippen LogP contribution in [0.25, 0.3) is 0 Å². The van der Waals surface area contributed by atoms with Gasteiger partial charge in [-0.2, -0.15) is 0 Å². The van der Waals surface area contributed by atoms with E-state index in [1.165, 1.54) is 44.1 Å². The van der Waals surface area contributed by atoms with Gasteiger partial charge in [0, 0.05) is 5.92 Å². The zero-order valence-electron chi connectivity index (χ0n) is 13.8. The van der Waals surface area contributed by atoms with Crippen LogP contribution >= 0.6 is 0 Å². The lowest BCUT2D eigenvalue weighted by Crippen LogP contribution is -2.02. The van der Waals surface area contributed by atoms with Crippen LogP contribution in [0, 0.1) is 17.5 Å². The molecule has 3 heteroatoms. The van der Waals surface area contributed by atoms with Crippen LogP contribution in [0.1, 0.15) is 69.8 Å². The lowest BCUT2D eigenvalue weighted by molar-refractivity contribution is 0.444. The van der Waals surface area contributed by atoms with Gasteiger partial charge in [0.25, 0.3) is 0 Å². The highest BCUT2D eigenvalue weighted by atomic mass is 19.2. The second kappa shape index (κ2) is 8.95. The minimum Gasteiger partial charge on any atom is -0.204 e. The van der Waals surface area contributed by atoms with Crippen molar-refractivity contribution in [1.82, 2.24) is 0 Å². The molecule has 1 aromatic rings. The largest absolute Gasteiger partial charge is 0.204 e. The van der Waals surface area contributed by atoms with E-state index in [4.69, 9.17) is 0 Å². The fourth-order valence-electron chi connectivity index (χ4n) is 3.00. The normalized spacial score (nSPS) is 17.4. The summed E-state index contributed by atoms with van der Waals surface area (Å²) in [4.78, 5) is 0. The summed E-state index contributed by atoms with van der Waals surface area (Å²) in [6.45, 7) is 2.22. The maximum Gasteiger partial charge on any atom is 0.194 e. The molecule has 0 aliphatic heterocycles. The summed E-state index contributed by atoms with van der Waals surface area (Å²) >= 11 is 0. The van der Waals surface area contributed by atoms with Crippen molar-refractivity contribution in [3.05, 3.63) is 58.9 Å². The first kappa shape index (κ1) is 17.8. The molecule has 0 nitrogen and oxygen atoms in total. The molecular weight excluding hydrogens is 297 g/mol. The number of allylic oxidation sites excluding steroid dienone is 4. The molecule has 1 aliphatic carbocycles. The molecule has 0 radical (unpaired) electrons. The highest BCUT2D eigenvalue weighted by Crippen LogP contribution is 2.30. The van der Waals surface area contributed by atoms with Crippen LogP contribution in [0.15, 0.2) is 35.9 Å². The minimum atomic E-state index is -1.40. The van der Waals surface area contributed by atoms with Gasteiger partial charge in [-0.1, -0.05) is 62.8 Å². The van der Waals surface area contributed by atoms with E-state index in [0.717, 1.165) is 18.6 Å². The van der Waals surface area contributed by atoms with Crippen LogP contribution in [0.5, 0.6) is 0 Å². The predicted molar refractivity (Wildman–Crippen MR) is 88.9 cm³/mol. The van der Waals surface area contributed by atoms with Gasteiger partial charge < -0.3 is 0 Å². The number of hydrogen-bond donors (Lipinski definition) is 0. The van der Waals surface area contributed by atoms with Gasteiger partial charge in [0.1, 0.15) is 0 Å². The van der Waals surface area contributed by atoms with Gasteiger partial charge in [0.05, 0.1) is 0 Å². The molecule has 1 unspecified atom stereocenters. The Morgan fingerprint density at radius 1 is 0.957 bits per heavy atom. The molecule has 0 heterocycles. The number of benzene rings is 1. The Morgan fingerprint density at radius 3 is 2.22 bits per heavy atom. The molecule has 0 amide bonds. The molecule has 0 spiro atoms. The summed E-state index contributed by atoms with van der Waals surface area (Å²) in [6, 6.07) is 2.19. The van der Waals surface area contributed by atoms with Crippen molar-refractivity contribution in [2.45, 2.75) is 64.2 Å². The lowest BCUT2D eigenvalue weighted by atomic mass is 9.88. The predicted octanol–water partition coefficient (Wildman–Crippen LogP) is 6.82. The first-order valence-electron chi connectivity index (χ1n) is 8.63. The van der Waals surface area contributed by atoms with E-state index in [1.54, 1.807) is 0 Å². The van der Waals surface area contributed by atoms with Gasteiger partial charge in [0.15, 0.2) is 17.5 Å². The highest BCUT2D eigenvalue weighted by Gasteiger charge is 2.16. The number of hydrogen-bond acceptors (Lipinski definition) is 0. The van der Waals surface area contributed by atoms with E-state index in [-0.39, 0.29) is 5.92 Å². The van der Waals surface area contributed by atoms with Crippen LogP contribution in [0.4, 0.5) is 13.2 Å². The Kier molecular flexibility index (Phi) is 6.94. The molecule has 1 aliphatic rings.